The quantitative estimate of drug-likeness (QED) is 0.789. The summed E-state index contributed by atoms with van der Waals surface area (Å²) >= 11 is 0. The molecule has 2 aromatic heterocycles. The van der Waals surface area contributed by atoms with Crippen molar-refractivity contribution < 1.29 is 19.1 Å². The van der Waals surface area contributed by atoms with Crippen LogP contribution in [0.4, 0.5) is 0 Å². The molecule has 0 radical (unpaired) electrons. The third-order valence-electron chi connectivity index (χ3n) is 2.67. The van der Waals surface area contributed by atoms with Crippen LogP contribution in [0.25, 0.3) is 6.08 Å². The van der Waals surface area contributed by atoms with Gasteiger partial charge in [-0.25, -0.2) is 4.79 Å². The van der Waals surface area contributed by atoms with Crippen LogP contribution in [0.2, 0.25) is 0 Å². The fraction of sp³-hybridized carbons (Fsp3) is 0.133. The van der Waals surface area contributed by atoms with Crippen molar-refractivity contribution in [3.8, 4) is 0 Å². The molecule has 108 valence electrons. The highest BCUT2D eigenvalue weighted by molar-refractivity contribution is 5.92. The maximum atomic E-state index is 11.8. The van der Waals surface area contributed by atoms with Gasteiger partial charge in [0.05, 0.1) is 6.26 Å². The number of amides is 1. The van der Waals surface area contributed by atoms with Gasteiger partial charge in [-0.3, -0.25) is 9.78 Å². The van der Waals surface area contributed by atoms with Crippen molar-refractivity contribution in [2.24, 2.45) is 0 Å². The first-order valence-electron chi connectivity index (χ1n) is 6.33. The summed E-state index contributed by atoms with van der Waals surface area (Å²) in [5.74, 6) is -0.512. The summed E-state index contributed by atoms with van der Waals surface area (Å²) in [6.45, 7) is 0.453. The van der Waals surface area contributed by atoms with E-state index in [1.165, 1.54) is 12.3 Å². The molecule has 0 aromatic carbocycles. The molecule has 0 aliphatic rings. The Labute approximate surface area is 121 Å². The van der Waals surface area contributed by atoms with Gasteiger partial charge in [0, 0.05) is 25.2 Å². The fourth-order valence-corrected chi connectivity index (χ4v) is 1.65. The number of hydrogen-bond donors (Lipinski definition) is 2. The second-order valence-electron chi connectivity index (χ2n) is 4.23. The standard InChI is InChI=1S/C15H14N2O4/c18-14(19)6-4-11-3-5-13(17-10-11)15(20)16-8-7-12-2-1-9-21-12/h1-6,9-10H,7-8H2,(H,16,20)(H,18,19). The maximum Gasteiger partial charge on any atom is 0.328 e. The highest BCUT2D eigenvalue weighted by Crippen LogP contribution is 2.03. The molecule has 0 fully saturated rings. The Balaban J connectivity index is 1.86. The first-order chi connectivity index (χ1) is 10.1. The van der Waals surface area contributed by atoms with Gasteiger partial charge in [-0.2, -0.15) is 0 Å². The first-order valence-corrected chi connectivity index (χ1v) is 6.33. The highest BCUT2D eigenvalue weighted by atomic mass is 16.4. The van der Waals surface area contributed by atoms with E-state index in [1.807, 2.05) is 6.07 Å². The van der Waals surface area contributed by atoms with Crippen LogP contribution >= 0.6 is 0 Å². The van der Waals surface area contributed by atoms with E-state index in [0.717, 1.165) is 11.8 Å². The lowest BCUT2D eigenvalue weighted by Gasteiger charge is -2.03. The third-order valence-corrected chi connectivity index (χ3v) is 2.67. The number of pyridine rings is 1. The van der Waals surface area contributed by atoms with Gasteiger partial charge in [0.2, 0.25) is 0 Å². The van der Waals surface area contributed by atoms with Crippen molar-refractivity contribution in [1.82, 2.24) is 10.3 Å². The second kappa shape index (κ2) is 7.04. The topological polar surface area (TPSA) is 92.4 Å². The first kappa shape index (κ1) is 14.5. The Hall–Kier alpha value is -2.89. The largest absolute Gasteiger partial charge is 0.478 e. The minimum absolute atomic E-state index is 0.280. The predicted molar refractivity (Wildman–Crippen MR) is 75.7 cm³/mol. The molecule has 6 heteroatoms. The van der Waals surface area contributed by atoms with Crippen LogP contribution in [0, 0.1) is 0 Å². The lowest BCUT2D eigenvalue weighted by atomic mass is 10.2. The monoisotopic (exact) mass is 286 g/mol. The van der Waals surface area contributed by atoms with Crippen LogP contribution < -0.4 is 5.32 Å². The lowest BCUT2D eigenvalue weighted by Crippen LogP contribution is -2.26. The van der Waals surface area contributed by atoms with Crippen LogP contribution in [0.5, 0.6) is 0 Å². The number of furan rings is 1. The molecule has 0 atom stereocenters. The van der Waals surface area contributed by atoms with Crippen LogP contribution in [-0.4, -0.2) is 28.5 Å². The average molecular weight is 286 g/mol. The number of aliphatic carboxylic acids is 1. The zero-order valence-corrected chi connectivity index (χ0v) is 11.2. The number of rotatable bonds is 6. The molecule has 2 rings (SSSR count). The van der Waals surface area contributed by atoms with Crippen molar-refractivity contribution in [1.29, 1.82) is 0 Å². The normalized spacial score (nSPS) is 10.7. The molecule has 0 saturated carbocycles. The lowest BCUT2D eigenvalue weighted by molar-refractivity contribution is -0.131. The van der Waals surface area contributed by atoms with Gasteiger partial charge in [-0.1, -0.05) is 6.07 Å². The van der Waals surface area contributed by atoms with Crippen LogP contribution in [-0.2, 0) is 11.2 Å². The Morgan fingerprint density at radius 1 is 1.33 bits per heavy atom. The molecule has 1 amide bonds. The van der Waals surface area contributed by atoms with E-state index in [-0.39, 0.29) is 11.6 Å². The van der Waals surface area contributed by atoms with Gasteiger partial charge in [0.15, 0.2) is 0 Å². The van der Waals surface area contributed by atoms with Crippen molar-refractivity contribution in [2.45, 2.75) is 6.42 Å². The average Bonchev–Trinajstić information content (AvgIpc) is 2.99. The zero-order valence-electron chi connectivity index (χ0n) is 11.2. The highest BCUT2D eigenvalue weighted by Gasteiger charge is 2.06. The molecule has 2 heterocycles. The van der Waals surface area contributed by atoms with Crippen molar-refractivity contribution >= 4 is 18.0 Å². The van der Waals surface area contributed by atoms with Gasteiger partial charge >= 0.3 is 5.97 Å². The van der Waals surface area contributed by atoms with Crippen molar-refractivity contribution in [2.75, 3.05) is 6.54 Å². The van der Waals surface area contributed by atoms with Gasteiger partial charge in [-0.15, -0.1) is 0 Å². The van der Waals surface area contributed by atoms with Crippen molar-refractivity contribution in [3.05, 3.63) is 59.8 Å². The Morgan fingerprint density at radius 3 is 2.81 bits per heavy atom. The molecule has 0 spiro atoms. The molecule has 2 N–H and O–H groups in total. The number of carbonyl (C=O) groups excluding carboxylic acids is 1. The molecule has 0 saturated heterocycles. The second-order valence-corrected chi connectivity index (χ2v) is 4.23. The number of nitrogens with one attached hydrogen (secondary N) is 1. The van der Waals surface area contributed by atoms with E-state index in [2.05, 4.69) is 10.3 Å². The minimum Gasteiger partial charge on any atom is -0.478 e. The number of aromatic nitrogens is 1. The van der Waals surface area contributed by atoms with Gasteiger partial charge in [0.25, 0.3) is 5.91 Å². The SMILES string of the molecule is O=C(O)C=Cc1ccc(C(=O)NCCc2ccco2)nc1. The molecular weight excluding hydrogens is 272 g/mol. The summed E-state index contributed by atoms with van der Waals surface area (Å²) in [4.78, 5) is 26.2. The van der Waals surface area contributed by atoms with Crippen LogP contribution in [0.15, 0.2) is 47.2 Å². The summed E-state index contributed by atoms with van der Waals surface area (Å²) in [6, 6.07) is 6.81. The smallest absolute Gasteiger partial charge is 0.328 e. The fourth-order valence-electron chi connectivity index (χ4n) is 1.65. The summed E-state index contributed by atoms with van der Waals surface area (Å²) in [5, 5.41) is 11.2. The summed E-state index contributed by atoms with van der Waals surface area (Å²) in [7, 11) is 0. The van der Waals surface area contributed by atoms with Gasteiger partial charge in [0.1, 0.15) is 11.5 Å². The van der Waals surface area contributed by atoms with Gasteiger partial charge in [-0.05, 0) is 29.8 Å². The number of nitrogens with zero attached hydrogens (tertiary/aromatic N) is 1. The summed E-state index contributed by atoms with van der Waals surface area (Å²) in [6.07, 6.45) is 6.06. The van der Waals surface area contributed by atoms with E-state index in [0.29, 0.717) is 18.5 Å². The number of carboxylic acids is 1. The summed E-state index contributed by atoms with van der Waals surface area (Å²) < 4.78 is 5.16. The van der Waals surface area contributed by atoms with E-state index < -0.39 is 5.97 Å². The molecule has 0 aliphatic carbocycles. The molecule has 0 bridgehead atoms. The molecule has 6 nitrogen and oxygen atoms in total. The van der Waals surface area contributed by atoms with E-state index >= 15 is 0 Å². The molecule has 2 aromatic rings. The predicted octanol–water partition coefficient (Wildman–Crippen LogP) is 1.74. The zero-order chi connectivity index (χ0) is 15.1. The van der Waals surface area contributed by atoms with E-state index in [4.69, 9.17) is 9.52 Å². The van der Waals surface area contributed by atoms with Crippen LogP contribution in [0.3, 0.4) is 0 Å². The number of hydrogen-bond acceptors (Lipinski definition) is 4. The minimum atomic E-state index is -1.03. The number of carboxylic acid groups (broad SMARTS) is 1. The Morgan fingerprint density at radius 2 is 2.19 bits per heavy atom. The van der Waals surface area contributed by atoms with Crippen molar-refractivity contribution in [3.63, 3.8) is 0 Å². The number of carbonyl (C=O) groups is 2. The molecule has 21 heavy (non-hydrogen) atoms. The molecule has 0 aliphatic heterocycles. The Bertz CT molecular complexity index is 630. The third kappa shape index (κ3) is 4.61. The maximum absolute atomic E-state index is 11.8. The van der Waals surface area contributed by atoms with Crippen LogP contribution in [0.1, 0.15) is 21.8 Å². The summed E-state index contributed by atoms with van der Waals surface area (Å²) in [5.41, 5.74) is 0.895. The van der Waals surface area contributed by atoms with E-state index in [9.17, 15) is 9.59 Å². The molecular formula is C15H14N2O4. The van der Waals surface area contributed by atoms with Gasteiger partial charge < -0.3 is 14.8 Å². The molecule has 0 unspecified atom stereocenters. The van der Waals surface area contributed by atoms with E-state index in [1.54, 1.807) is 24.5 Å². The Kier molecular flexibility index (Phi) is 4.87.